The Morgan fingerprint density at radius 1 is 1.21 bits per heavy atom. The lowest BCUT2D eigenvalue weighted by Gasteiger charge is -2.34. The molecule has 150 valence electrons. The molecule has 1 spiro atoms. The Hall–Kier alpha value is -2.92. The quantitative estimate of drug-likeness (QED) is 0.773. The van der Waals surface area contributed by atoms with E-state index in [1.807, 2.05) is 42.5 Å². The standard InChI is InChI=1S/C24H27N3O2/c1-2-14-25-23(29)21-16-27(15-18-8-4-3-5-9-18)17-24(21)13-12-19-10-6-7-11-20(19)22(28)26-24/h2-11,21H,1,12-17H2,(H,25,29)(H,26,28)/t21-,24+/m0/s1. The van der Waals surface area contributed by atoms with Crippen LogP contribution >= 0.6 is 0 Å². The van der Waals surface area contributed by atoms with Crippen LogP contribution in [0.1, 0.15) is 27.9 Å². The number of hydrogen-bond acceptors (Lipinski definition) is 3. The summed E-state index contributed by atoms with van der Waals surface area (Å²) in [4.78, 5) is 28.3. The second-order valence-electron chi connectivity index (χ2n) is 8.01. The second-order valence-corrected chi connectivity index (χ2v) is 8.01. The zero-order chi connectivity index (χ0) is 20.3. The largest absolute Gasteiger partial charge is 0.352 e. The number of nitrogens with zero attached hydrogens (tertiary/aromatic N) is 1. The Bertz CT molecular complexity index is 911. The van der Waals surface area contributed by atoms with Crippen molar-refractivity contribution in [1.29, 1.82) is 0 Å². The minimum atomic E-state index is -0.573. The number of carbonyl (C=O) groups excluding carboxylic acids is 2. The number of benzene rings is 2. The van der Waals surface area contributed by atoms with E-state index in [1.165, 1.54) is 5.56 Å². The average Bonchev–Trinajstić information content (AvgIpc) is 3.01. The van der Waals surface area contributed by atoms with Crippen molar-refractivity contribution >= 4 is 11.8 Å². The summed E-state index contributed by atoms with van der Waals surface area (Å²) in [7, 11) is 0. The minimum Gasteiger partial charge on any atom is -0.352 e. The maximum Gasteiger partial charge on any atom is 0.252 e. The summed E-state index contributed by atoms with van der Waals surface area (Å²) < 4.78 is 0. The molecule has 2 aromatic carbocycles. The number of fused-ring (bicyclic) bond motifs is 1. The Morgan fingerprint density at radius 2 is 1.97 bits per heavy atom. The van der Waals surface area contributed by atoms with Gasteiger partial charge in [0.1, 0.15) is 0 Å². The van der Waals surface area contributed by atoms with Gasteiger partial charge in [-0.25, -0.2) is 0 Å². The zero-order valence-electron chi connectivity index (χ0n) is 16.6. The molecule has 2 N–H and O–H groups in total. The molecule has 2 aliphatic rings. The van der Waals surface area contributed by atoms with Gasteiger partial charge in [0, 0.05) is 31.7 Å². The highest BCUT2D eigenvalue weighted by Crippen LogP contribution is 2.36. The third kappa shape index (κ3) is 3.96. The average molecular weight is 389 g/mol. The molecule has 5 nitrogen and oxygen atoms in total. The molecule has 0 radical (unpaired) electrons. The van der Waals surface area contributed by atoms with Gasteiger partial charge in [0.2, 0.25) is 5.91 Å². The van der Waals surface area contributed by atoms with Crippen LogP contribution in [0.25, 0.3) is 0 Å². The van der Waals surface area contributed by atoms with Gasteiger partial charge < -0.3 is 10.6 Å². The fourth-order valence-corrected chi connectivity index (χ4v) is 4.65. The SMILES string of the molecule is C=CCNC(=O)[C@@H]1CN(Cc2ccccc2)C[C@]12CCc1ccccc1C(=O)N2. The maximum atomic E-state index is 13.0. The normalized spacial score (nSPS) is 23.9. The highest BCUT2D eigenvalue weighted by Gasteiger charge is 2.51. The number of likely N-dealkylation sites (tertiary alicyclic amines) is 1. The van der Waals surface area contributed by atoms with Crippen LogP contribution < -0.4 is 10.6 Å². The Morgan fingerprint density at radius 3 is 2.76 bits per heavy atom. The summed E-state index contributed by atoms with van der Waals surface area (Å²) in [6.45, 7) is 6.16. The minimum absolute atomic E-state index is 0.0216. The van der Waals surface area contributed by atoms with Crippen LogP contribution in [0.4, 0.5) is 0 Å². The van der Waals surface area contributed by atoms with E-state index in [2.05, 4.69) is 34.2 Å². The molecular formula is C24H27N3O2. The molecule has 0 saturated carbocycles. The lowest BCUT2D eigenvalue weighted by molar-refractivity contribution is -0.126. The lowest BCUT2D eigenvalue weighted by atomic mass is 9.82. The first-order valence-corrected chi connectivity index (χ1v) is 10.2. The van der Waals surface area contributed by atoms with Crippen molar-refractivity contribution in [3.8, 4) is 0 Å². The molecule has 0 unspecified atom stereocenters. The third-order valence-corrected chi connectivity index (χ3v) is 6.06. The Balaban J connectivity index is 1.62. The van der Waals surface area contributed by atoms with Gasteiger partial charge in [-0.2, -0.15) is 0 Å². The summed E-state index contributed by atoms with van der Waals surface area (Å²) in [6, 6.07) is 18.0. The highest BCUT2D eigenvalue weighted by molar-refractivity contribution is 5.97. The van der Waals surface area contributed by atoms with E-state index in [9.17, 15) is 9.59 Å². The Labute approximate surface area is 171 Å². The Kier molecular flexibility index (Phi) is 5.49. The molecule has 2 amide bonds. The van der Waals surface area contributed by atoms with Crippen LogP contribution in [-0.2, 0) is 17.8 Å². The molecule has 2 heterocycles. The van der Waals surface area contributed by atoms with E-state index in [0.29, 0.717) is 19.6 Å². The molecule has 4 rings (SSSR count). The van der Waals surface area contributed by atoms with Crippen molar-refractivity contribution in [2.75, 3.05) is 19.6 Å². The van der Waals surface area contributed by atoms with Gasteiger partial charge in [-0.15, -0.1) is 6.58 Å². The summed E-state index contributed by atoms with van der Waals surface area (Å²) >= 11 is 0. The predicted octanol–water partition coefficient (Wildman–Crippen LogP) is 2.54. The van der Waals surface area contributed by atoms with Gasteiger partial charge in [0.05, 0.1) is 11.5 Å². The molecule has 1 saturated heterocycles. The summed E-state index contributed by atoms with van der Waals surface area (Å²) in [5.41, 5.74) is 2.40. The number of carbonyl (C=O) groups is 2. The molecular weight excluding hydrogens is 362 g/mol. The van der Waals surface area contributed by atoms with Crippen molar-refractivity contribution in [2.45, 2.75) is 24.9 Å². The van der Waals surface area contributed by atoms with Gasteiger partial charge in [-0.05, 0) is 30.0 Å². The van der Waals surface area contributed by atoms with Crippen molar-refractivity contribution in [3.63, 3.8) is 0 Å². The smallest absolute Gasteiger partial charge is 0.252 e. The molecule has 0 aliphatic carbocycles. The topological polar surface area (TPSA) is 61.4 Å². The first-order valence-electron chi connectivity index (χ1n) is 10.2. The number of hydrogen-bond donors (Lipinski definition) is 2. The monoisotopic (exact) mass is 389 g/mol. The van der Waals surface area contributed by atoms with Gasteiger partial charge in [-0.1, -0.05) is 54.6 Å². The van der Waals surface area contributed by atoms with E-state index >= 15 is 0 Å². The second kappa shape index (κ2) is 8.21. The van der Waals surface area contributed by atoms with Crippen LogP contribution in [-0.4, -0.2) is 41.9 Å². The van der Waals surface area contributed by atoms with Crippen LogP contribution in [0.15, 0.2) is 67.3 Å². The van der Waals surface area contributed by atoms with Crippen molar-refractivity contribution in [1.82, 2.24) is 15.5 Å². The van der Waals surface area contributed by atoms with Gasteiger partial charge in [-0.3, -0.25) is 14.5 Å². The number of rotatable bonds is 5. The van der Waals surface area contributed by atoms with Crippen LogP contribution in [0.5, 0.6) is 0 Å². The number of aryl methyl sites for hydroxylation is 1. The van der Waals surface area contributed by atoms with E-state index in [4.69, 9.17) is 0 Å². The molecule has 2 atom stereocenters. The van der Waals surface area contributed by atoms with Crippen molar-refractivity contribution in [3.05, 3.63) is 83.9 Å². The summed E-state index contributed by atoms with van der Waals surface area (Å²) in [5, 5.41) is 6.22. The number of nitrogens with one attached hydrogen (secondary N) is 2. The lowest BCUT2D eigenvalue weighted by Crippen LogP contribution is -2.57. The molecule has 0 bridgehead atoms. The molecule has 29 heavy (non-hydrogen) atoms. The highest BCUT2D eigenvalue weighted by atomic mass is 16.2. The van der Waals surface area contributed by atoms with Crippen LogP contribution in [0.3, 0.4) is 0 Å². The van der Waals surface area contributed by atoms with E-state index in [1.54, 1.807) is 6.08 Å². The third-order valence-electron chi connectivity index (χ3n) is 6.06. The van der Waals surface area contributed by atoms with Crippen LogP contribution in [0, 0.1) is 5.92 Å². The molecule has 1 fully saturated rings. The van der Waals surface area contributed by atoms with Gasteiger partial charge in [0.25, 0.3) is 5.91 Å². The number of amides is 2. The zero-order valence-corrected chi connectivity index (χ0v) is 16.6. The fraction of sp³-hybridized carbons (Fsp3) is 0.333. The fourth-order valence-electron chi connectivity index (χ4n) is 4.65. The maximum absolute atomic E-state index is 13.0. The summed E-state index contributed by atoms with van der Waals surface area (Å²) in [6.07, 6.45) is 3.20. The molecule has 5 heteroatoms. The van der Waals surface area contributed by atoms with E-state index in [-0.39, 0.29) is 17.7 Å². The van der Waals surface area contributed by atoms with Crippen molar-refractivity contribution < 1.29 is 9.59 Å². The van der Waals surface area contributed by atoms with E-state index < -0.39 is 5.54 Å². The predicted molar refractivity (Wildman–Crippen MR) is 113 cm³/mol. The molecule has 0 aromatic heterocycles. The molecule has 2 aliphatic heterocycles. The van der Waals surface area contributed by atoms with Gasteiger partial charge in [0.15, 0.2) is 0 Å². The van der Waals surface area contributed by atoms with Gasteiger partial charge >= 0.3 is 0 Å². The molecule has 2 aromatic rings. The first kappa shape index (κ1) is 19.4. The van der Waals surface area contributed by atoms with Crippen LogP contribution in [0.2, 0.25) is 0 Å². The van der Waals surface area contributed by atoms with Crippen molar-refractivity contribution in [2.24, 2.45) is 5.92 Å². The van der Waals surface area contributed by atoms with E-state index in [0.717, 1.165) is 30.5 Å². The first-order chi connectivity index (χ1) is 14.1. The summed E-state index contributed by atoms with van der Waals surface area (Å²) in [5.74, 6) is -0.405.